The zero-order valence-corrected chi connectivity index (χ0v) is 6.25. The summed E-state index contributed by atoms with van der Waals surface area (Å²) in [5.74, 6) is 0. The molecule has 0 aliphatic heterocycles. The van der Waals surface area contributed by atoms with Gasteiger partial charge in [0, 0.05) is 6.20 Å². The molecule has 1 aromatic heterocycles. The number of aromatic nitrogens is 2. The molecule has 0 bridgehead atoms. The molecule has 1 N–H and O–H groups in total. The fourth-order valence-electron chi connectivity index (χ4n) is 0.811. The van der Waals surface area contributed by atoms with Crippen LogP contribution in [0.3, 0.4) is 0 Å². The van der Waals surface area contributed by atoms with Crippen molar-refractivity contribution >= 4 is 5.57 Å². The zero-order chi connectivity index (χ0) is 8.10. The summed E-state index contributed by atoms with van der Waals surface area (Å²) in [4.78, 5) is 0. The van der Waals surface area contributed by atoms with Crippen molar-refractivity contribution in [2.24, 2.45) is 0 Å². The summed E-state index contributed by atoms with van der Waals surface area (Å²) in [5.41, 5.74) is 1.96. The van der Waals surface area contributed by atoms with Crippen molar-refractivity contribution in [3.05, 3.63) is 49.3 Å². The first-order valence-electron chi connectivity index (χ1n) is 3.33. The summed E-state index contributed by atoms with van der Waals surface area (Å²) < 4.78 is 0. The summed E-state index contributed by atoms with van der Waals surface area (Å²) >= 11 is 0. The van der Waals surface area contributed by atoms with Gasteiger partial charge in [-0.25, -0.2) is 0 Å². The minimum atomic E-state index is 0.958. The zero-order valence-electron chi connectivity index (χ0n) is 6.25. The molecule has 2 nitrogen and oxygen atoms in total. The van der Waals surface area contributed by atoms with Crippen molar-refractivity contribution in [2.75, 3.05) is 0 Å². The van der Waals surface area contributed by atoms with E-state index in [1.54, 1.807) is 18.3 Å². The first kappa shape index (κ1) is 7.54. The summed E-state index contributed by atoms with van der Waals surface area (Å²) in [6, 6.07) is 1.89. The van der Waals surface area contributed by atoms with E-state index in [4.69, 9.17) is 0 Å². The van der Waals surface area contributed by atoms with E-state index in [1.807, 2.05) is 12.1 Å². The maximum absolute atomic E-state index is 3.83. The molecular weight excluding hydrogens is 136 g/mol. The third kappa shape index (κ3) is 1.67. The third-order valence-corrected chi connectivity index (χ3v) is 1.33. The van der Waals surface area contributed by atoms with E-state index in [9.17, 15) is 0 Å². The predicted molar refractivity (Wildman–Crippen MR) is 47.0 cm³/mol. The fraction of sp³-hybridized carbons (Fsp3) is 0. The molecule has 0 atom stereocenters. The number of nitrogens with zero attached hydrogens (tertiary/aromatic N) is 1. The molecule has 56 valence electrons. The second-order valence-electron chi connectivity index (χ2n) is 2.03. The van der Waals surface area contributed by atoms with Crippen LogP contribution < -0.4 is 0 Å². The van der Waals surface area contributed by atoms with Gasteiger partial charge in [-0.1, -0.05) is 31.4 Å². The molecule has 0 fully saturated rings. The molecule has 1 aromatic rings. The Labute approximate surface area is 65.9 Å². The lowest BCUT2D eigenvalue weighted by Crippen LogP contribution is -1.79. The number of allylic oxidation sites excluding steroid dienone is 4. The lowest BCUT2D eigenvalue weighted by Gasteiger charge is -1.93. The number of aromatic amines is 1. The Bertz CT molecular complexity index is 268. The van der Waals surface area contributed by atoms with Crippen molar-refractivity contribution < 1.29 is 0 Å². The molecule has 1 rings (SSSR count). The van der Waals surface area contributed by atoms with Crippen molar-refractivity contribution in [1.82, 2.24) is 10.2 Å². The van der Waals surface area contributed by atoms with Gasteiger partial charge in [-0.3, -0.25) is 5.10 Å². The van der Waals surface area contributed by atoms with E-state index in [1.165, 1.54) is 0 Å². The molecule has 0 saturated carbocycles. The normalized spacial score (nSPS) is 11.1. The Hall–Kier alpha value is -1.57. The molecule has 0 amide bonds. The van der Waals surface area contributed by atoms with E-state index in [0.717, 1.165) is 11.3 Å². The highest BCUT2D eigenvalue weighted by atomic mass is 15.1. The average Bonchev–Trinajstić information content (AvgIpc) is 2.52. The van der Waals surface area contributed by atoms with Crippen LogP contribution in [0.1, 0.15) is 5.69 Å². The first-order chi connectivity index (χ1) is 5.38. The van der Waals surface area contributed by atoms with E-state index >= 15 is 0 Å². The van der Waals surface area contributed by atoms with Crippen LogP contribution in [-0.2, 0) is 0 Å². The van der Waals surface area contributed by atoms with Gasteiger partial charge >= 0.3 is 0 Å². The van der Waals surface area contributed by atoms with Crippen LogP contribution in [0.15, 0.2) is 43.6 Å². The van der Waals surface area contributed by atoms with Gasteiger partial charge < -0.3 is 0 Å². The molecule has 0 aliphatic rings. The molecule has 0 radical (unpaired) electrons. The maximum Gasteiger partial charge on any atom is 0.0649 e. The van der Waals surface area contributed by atoms with Crippen molar-refractivity contribution in [3.8, 4) is 0 Å². The van der Waals surface area contributed by atoms with Crippen LogP contribution in [-0.4, -0.2) is 10.2 Å². The molecule has 0 spiro atoms. The standard InChI is InChI=1S/C9H10N2/c1-3-5-8(4-2)9-6-7-10-11-9/h3-7H,1-2H2,(H,10,11)/b8-5+. The summed E-state index contributed by atoms with van der Waals surface area (Å²) in [6.45, 7) is 7.27. The Kier molecular flexibility index (Phi) is 2.44. The minimum Gasteiger partial charge on any atom is -0.278 e. The first-order valence-corrected chi connectivity index (χ1v) is 3.33. The third-order valence-electron chi connectivity index (χ3n) is 1.33. The van der Waals surface area contributed by atoms with Crippen LogP contribution >= 0.6 is 0 Å². The number of nitrogens with one attached hydrogen (secondary N) is 1. The van der Waals surface area contributed by atoms with Gasteiger partial charge in [0.05, 0.1) is 5.69 Å². The smallest absolute Gasteiger partial charge is 0.0649 e. The molecule has 2 heteroatoms. The molecule has 0 aromatic carbocycles. The van der Waals surface area contributed by atoms with Crippen LogP contribution in [0.2, 0.25) is 0 Å². The molecule has 0 saturated heterocycles. The Morgan fingerprint density at radius 2 is 2.36 bits per heavy atom. The summed E-state index contributed by atoms with van der Waals surface area (Å²) in [5, 5.41) is 6.66. The highest BCUT2D eigenvalue weighted by Crippen LogP contribution is 2.10. The minimum absolute atomic E-state index is 0.958. The van der Waals surface area contributed by atoms with Crippen LogP contribution in [0.4, 0.5) is 0 Å². The van der Waals surface area contributed by atoms with Gasteiger partial charge in [-0.15, -0.1) is 0 Å². The summed E-state index contributed by atoms with van der Waals surface area (Å²) in [6.07, 6.45) is 7.06. The van der Waals surface area contributed by atoms with Crippen LogP contribution in [0.5, 0.6) is 0 Å². The van der Waals surface area contributed by atoms with Crippen LogP contribution in [0.25, 0.3) is 5.57 Å². The Balaban J connectivity index is 2.97. The number of hydrogen-bond acceptors (Lipinski definition) is 1. The van der Waals surface area contributed by atoms with E-state index in [0.29, 0.717) is 0 Å². The topological polar surface area (TPSA) is 28.7 Å². The second kappa shape index (κ2) is 3.56. The highest BCUT2D eigenvalue weighted by molar-refractivity contribution is 5.71. The van der Waals surface area contributed by atoms with Gasteiger partial charge in [-0.05, 0) is 11.6 Å². The van der Waals surface area contributed by atoms with Crippen molar-refractivity contribution in [3.63, 3.8) is 0 Å². The van der Waals surface area contributed by atoms with Gasteiger partial charge in [-0.2, -0.15) is 5.10 Å². The van der Waals surface area contributed by atoms with Crippen LogP contribution in [0, 0.1) is 0 Å². The quantitative estimate of drug-likeness (QED) is 0.650. The Morgan fingerprint density at radius 3 is 2.82 bits per heavy atom. The number of hydrogen-bond donors (Lipinski definition) is 1. The van der Waals surface area contributed by atoms with Gasteiger partial charge in [0.2, 0.25) is 0 Å². The molecule has 0 aliphatic carbocycles. The maximum atomic E-state index is 3.83. The molecule has 1 heterocycles. The predicted octanol–water partition coefficient (Wildman–Crippen LogP) is 2.17. The average molecular weight is 146 g/mol. The van der Waals surface area contributed by atoms with E-state index in [-0.39, 0.29) is 0 Å². The molecule has 11 heavy (non-hydrogen) atoms. The second-order valence-corrected chi connectivity index (χ2v) is 2.03. The van der Waals surface area contributed by atoms with Crippen molar-refractivity contribution in [2.45, 2.75) is 0 Å². The number of rotatable bonds is 3. The molecule has 0 unspecified atom stereocenters. The van der Waals surface area contributed by atoms with Gasteiger partial charge in [0.25, 0.3) is 0 Å². The lowest BCUT2D eigenvalue weighted by molar-refractivity contribution is 1.08. The SMILES string of the molecule is C=C/C=C(\C=C)c1ccn[nH]1. The van der Waals surface area contributed by atoms with Gasteiger partial charge in [0.15, 0.2) is 0 Å². The van der Waals surface area contributed by atoms with E-state index in [2.05, 4.69) is 23.4 Å². The Morgan fingerprint density at radius 1 is 1.55 bits per heavy atom. The monoisotopic (exact) mass is 146 g/mol. The lowest BCUT2D eigenvalue weighted by atomic mass is 10.2. The van der Waals surface area contributed by atoms with Crippen molar-refractivity contribution in [1.29, 1.82) is 0 Å². The largest absolute Gasteiger partial charge is 0.278 e. The summed E-state index contributed by atoms with van der Waals surface area (Å²) in [7, 11) is 0. The highest BCUT2D eigenvalue weighted by Gasteiger charge is 1.94. The molecular formula is C9H10N2. The van der Waals surface area contributed by atoms with Gasteiger partial charge in [0.1, 0.15) is 0 Å². The van der Waals surface area contributed by atoms with E-state index < -0.39 is 0 Å². The number of H-pyrrole nitrogens is 1. The fourth-order valence-corrected chi connectivity index (χ4v) is 0.811.